The number of hydrogen-bond donors (Lipinski definition) is 1. The van der Waals surface area contributed by atoms with Crippen LogP contribution in [0.2, 0.25) is 0 Å². The van der Waals surface area contributed by atoms with Crippen LogP contribution in [0.1, 0.15) is 16.8 Å². The first kappa shape index (κ1) is 18.1. The molecule has 0 aliphatic carbocycles. The molecule has 2 aromatic heterocycles. The topological polar surface area (TPSA) is 72.7 Å². The summed E-state index contributed by atoms with van der Waals surface area (Å²) in [7, 11) is 0. The van der Waals surface area contributed by atoms with Crippen molar-refractivity contribution in [3.8, 4) is 10.6 Å². The van der Waals surface area contributed by atoms with Crippen LogP contribution in [0.5, 0.6) is 0 Å². The molecule has 2 heterocycles. The lowest BCUT2D eigenvalue weighted by molar-refractivity contribution is -0.115. The highest BCUT2D eigenvalue weighted by molar-refractivity contribution is 7.13. The van der Waals surface area contributed by atoms with Gasteiger partial charge in [-0.05, 0) is 24.6 Å². The minimum absolute atomic E-state index is 0.0789. The van der Waals surface area contributed by atoms with E-state index >= 15 is 0 Å². The number of nitrogens with one attached hydrogen (secondary N) is 1. The molecule has 6 nitrogen and oxygen atoms in total. The molecule has 140 valence electrons. The van der Waals surface area contributed by atoms with E-state index in [2.05, 4.69) is 51.6 Å². The predicted molar refractivity (Wildman–Crippen MR) is 110 cm³/mol. The molecule has 0 unspecified atom stereocenters. The highest BCUT2D eigenvalue weighted by Gasteiger charge is 2.09. The largest absolute Gasteiger partial charge is 0.326 e. The zero-order valence-electron chi connectivity index (χ0n) is 15.4. The van der Waals surface area contributed by atoms with Crippen molar-refractivity contribution in [3.63, 3.8) is 0 Å². The van der Waals surface area contributed by atoms with Gasteiger partial charge < -0.3 is 5.32 Å². The third-order valence-corrected chi connectivity index (χ3v) is 5.18. The Morgan fingerprint density at radius 2 is 1.89 bits per heavy atom. The lowest BCUT2D eigenvalue weighted by Gasteiger charge is -2.06. The van der Waals surface area contributed by atoms with Gasteiger partial charge in [-0.15, -0.1) is 11.3 Å². The Bertz CT molecular complexity index is 1050. The Labute approximate surface area is 166 Å². The fourth-order valence-corrected chi connectivity index (χ4v) is 3.61. The van der Waals surface area contributed by atoms with Crippen LogP contribution in [0, 0.1) is 6.92 Å². The highest BCUT2D eigenvalue weighted by Crippen LogP contribution is 2.24. The first-order valence-corrected chi connectivity index (χ1v) is 9.76. The monoisotopic (exact) mass is 389 g/mol. The Morgan fingerprint density at radius 1 is 1.11 bits per heavy atom. The minimum Gasteiger partial charge on any atom is -0.326 e. The van der Waals surface area contributed by atoms with Crippen LogP contribution in [-0.4, -0.2) is 25.7 Å². The number of benzene rings is 2. The summed E-state index contributed by atoms with van der Waals surface area (Å²) in [6.45, 7) is 2.71. The zero-order chi connectivity index (χ0) is 19.3. The second-order valence-electron chi connectivity index (χ2n) is 6.52. The van der Waals surface area contributed by atoms with Crippen molar-refractivity contribution in [2.75, 3.05) is 5.32 Å². The molecule has 7 heteroatoms. The molecule has 0 aliphatic rings. The maximum atomic E-state index is 12.3. The quantitative estimate of drug-likeness (QED) is 0.542. The summed E-state index contributed by atoms with van der Waals surface area (Å²) in [6, 6.07) is 16.0. The van der Waals surface area contributed by atoms with E-state index in [9.17, 15) is 4.79 Å². The third kappa shape index (κ3) is 4.50. The van der Waals surface area contributed by atoms with Crippen LogP contribution in [0.3, 0.4) is 0 Å². The number of carbonyl (C=O) groups is 1. The lowest BCUT2D eigenvalue weighted by Crippen LogP contribution is -2.14. The number of hydrogen-bond acceptors (Lipinski definition) is 5. The third-order valence-electron chi connectivity index (χ3n) is 4.24. The summed E-state index contributed by atoms with van der Waals surface area (Å²) in [5.74, 6) is -0.0789. The fraction of sp³-hybridized carbons (Fsp3) is 0.143. The normalized spacial score (nSPS) is 10.8. The minimum atomic E-state index is -0.0789. The van der Waals surface area contributed by atoms with Gasteiger partial charge in [0.05, 0.1) is 18.7 Å². The summed E-state index contributed by atoms with van der Waals surface area (Å²) in [4.78, 5) is 20.9. The van der Waals surface area contributed by atoms with Gasteiger partial charge in [0.15, 0.2) is 0 Å². The molecule has 1 N–H and O–H groups in total. The van der Waals surface area contributed by atoms with Crippen LogP contribution >= 0.6 is 11.3 Å². The van der Waals surface area contributed by atoms with E-state index in [-0.39, 0.29) is 12.3 Å². The van der Waals surface area contributed by atoms with Crippen LogP contribution < -0.4 is 5.32 Å². The number of anilines is 1. The van der Waals surface area contributed by atoms with Crippen molar-refractivity contribution < 1.29 is 4.79 Å². The van der Waals surface area contributed by atoms with Gasteiger partial charge in [-0.2, -0.15) is 5.10 Å². The first-order chi connectivity index (χ1) is 13.7. The summed E-state index contributed by atoms with van der Waals surface area (Å²) in [5, 5.41) is 9.88. The van der Waals surface area contributed by atoms with Crippen molar-refractivity contribution in [1.29, 1.82) is 0 Å². The number of thiazole rings is 1. The van der Waals surface area contributed by atoms with Gasteiger partial charge in [0.1, 0.15) is 17.7 Å². The molecule has 28 heavy (non-hydrogen) atoms. The van der Waals surface area contributed by atoms with E-state index in [0.29, 0.717) is 6.54 Å². The van der Waals surface area contributed by atoms with Crippen LogP contribution in [-0.2, 0) is 17.8 Å². The van der Waals surface area contributed by atoms with E-state index in [1.54, 1.807) is 22.3 Å². The molecule has 1 amide bonds. The van der Waals surface area contributed by atoms with E-state index in [1.165, 1.54) is 11.9 Å². The summed E-state index contributed by atoms with van der Waals surface area (Å²) in [6.07, 6.45) is 3.44. The van der Waals surface area contributed by atoms with Gasteiger partial charge in [-0.25, -0.2) is 14.6 Å². The molecule has 0 saturated carbocycles. The number of amides is 1. The van der Waals surface area contributed by atoms with Gasteiger partial charge in [0.2, 0.25) is 5.91 Å². The molecular formula is C21H19N5OS. The molecule has 4 rings (SSSR count). The number of carbonyl (C=O) groups excluding carboxylic acids is 1. The van der Waals surface area contributed by atoms with Crippen molar-refractivity contribution in [3.05, 3.63) is 83.4 Å². The Hall–Kier alpha value is -3.32. The van der Waals surface area contributed by atoms with Gasteiger partial charge in [-0.1, -0.05) is 42.0 Å². The Kier molecular flexibility index (Phi) is 5.25. The average molecular weight is 389 g/mol. The smallest absolute Gasteiger partial charge is 0.230 e. The van der Waals surface area contributed by atoms with Crippen molar-refractivity contribution in [2.45, 2.75) is 19.9 Å². The molecule has 0 radical (unpaired) electrons. The number of nitrogens with zero attached hydrogens (tertiary/aromatic N) is 4. The van der Waals surface area contributed by atoms with Gasteiger partial charge in [0, 0.05) is 16.6 Å². The maximum absolute atomic E-state index is 12.3. The van der Waals surface area contributed by atoms with Crippen LogP contribution in [0.15, 0.2) is 66.6 Å². The van der Waals surface area contributed by atoms with Crippen molar-refractivity contribution >= 4 is 22.9 Å². The van der Waals surface area contributed by atoms with E-state index < -0.39 is 0 Å². The molecule has 0 bridgehead atoms. The Balaban J connectivity index is 1.35. The van der Waals surface area contributed by atoms with Gasteiger partial charge >= 0.3 is 0 Å². The SMILES string of the molecule is Cc1ccc(-c2nc(CC(=O)Nc3ccc(Cn4cncn4)cc3)cs2)cc1. The summed E-state index contributed by atoms with van der Waals surface area (Å²) in [5.41, 5.74) is 4.92. The fourth-order valence-electron chi connectivity index (χ4n) is 2.78. The van der Waals surface area contributed by atoms with E-state index in [4.69, 9.17) is 0 Å². The maximum Gasteiger partial charge on any atom is 0.230 e. The van der Waals surface area contributed by atoms with Crippen molar-refractivity contribution in [2.24, 2.45) is 0 Å². The molecule has 0 fully saturated rings. The van der Waals surface area contributed by atoms with Gasteiger partial charge in [0.25, 0.3) is 0 Å². The molecule has 0 aliphatic heterocycles. The number of rotatable bonds is 6. The summed E-state index contributed by atoms with van der Waals surface area (Å²) < 4.78 is 1.75. The first-order valence-electron chi connectivity index (χ1n) is 8.88. The molecular weight excluding hydrogens is 370 g/mol. The second kappa shape index (κ2) is 8.14. The van der Waals surface area contributed by atoms with Gasteiger partial charge in [-0.3, -0.25) is 4.79 Å². The molecule has 0 atom stereocenters. The number of aryl methyl sites for hydroxylation is 1. The Morgan fingerprint density at radius 3 is 2.61 bits per heavy atom. The highest BCUT2D eigenvalue weighted by atomic mass is 32.1. The van der Waals surface area contributed by atoms with E-state index in [0.717, 1.165) is 27.5 Å². The lowest BCUT2D eigenvalue weighted by atomic mass is 10.2. The van der Waals surface area contributed by atoms with Crippen LogP contribution in [0.25, 0.3) is 10.6 Å². The van der Waals surface area contributed by atoms with Crippen molar-refractivity contribution in [1.82, 2.24) is 19.7 Å². The molecule has 2 aromatic carbocycles. The molecule has 4 aromatic rings. The standard InChI is InChI=1S/C21H19N5OS/c1-15-2-6-17(7-3-15)21-25-19(12-28-21)10-20(27)24-18-8-4-16(5-9-18)11-26-14-22-13-23-26/h2-9,12-14H,10-11H2,1H3,(H,24,27). The predicted octanol–water partition coefficient (Wildman–Crippen LogP) is 3.94. The van der Waals surface area contributed by atoms with E-state index in [1.807, 2.05) is 29.6 Å². The zero-order valence-corrected chi connectivity index (χ0v) is 16.2. The molecule has 0 saturated heterocycles. The van der Waals surface area contributed by atoms with Crippen LogP contribution in [0.4, 0.5) is 5.69 Å². The molecule has 0 spiro atoms. The summed E-state index contributed by atoms with van der Waals surface area (Å²) >= 11 is 1.56. The number of aromatic nitrogens is 4. The second-order valence-corrected chi connectivity index (χ2v) is 7.38. The average Bonchev–Trinajstić information content (AvgIpc) is 3.36.